The zero-order valence-corrected chi connectivity index (χ0v) is 18.1. The van der Waals surface area contributed by atoms with E-state index in [-0.39, 0.29) is 29.2 Å². The number of amides is 1. The molecule has 7 nitrogen and oxygen atoms in total. The number of aryl methyl sites for hydroxylation is 2. The van der Waals surface area contributed by atoms with Gasteiger partial charge in [0.25, 0.3) is 0 Å². The zero-order chi connectivity index (χ0) is 21.7. The third kappa shape index (κ3) is 1.85. The molecule has 3 aliphatic heterocycles. The van der Waals surface area contributed by atoms with Crippen molar-refractivity contribution in [2.24, 2.45) is 5.73 Å². The lowest BCUT2D eigenvalue weighted by atomic mass is 9.67. The summed E-state index contributed by atoms with van der Waals surface area (Å²) in [6.45, 7) is 12.3. The van der Waals surface area contributed by atoms with E-state index >= 15 is 0 Å². The first-order chi connectivity index (χ1) is 14.1. The Balaban J connectivity index is 2.04. The maximum atomic E-state index is 14.5. The highest BCUT2D eigenvalue weighted by atomic mass is 16.5. The van der Waals surface area contributed by atoms with E-state index in [0.29, 0.717) is 11.3 Å². The second-order valence-electron chi connectivity index (χ2n) is 9.42. The first-order valence-corrected chi connectivity index (χ1v) is 10.2. The molecule has 3 aliphatic rings. The number of anilines is 1. The molecule has 0 radical (unpaired) electrons. The highest BCUT2D eigenvalue weighted by Gasteiger charge is 2.65. The summed E-state index contributed by atoms with van der Waals surface area (Å²) >= 11 is 0. The average molecular weight is 403 g/mol. The number of rotatable bonds is 0. The summed E-state index contributed by atoms with van der Waals surface area (Å²) in [6, 6.07) is 4.42. The Morgan fingerprint density at radius 1 is 1.33 bits per heavy atom. The molecule has 0 aliphatic carbocycles. The highest BCUT2D eigenvalue weighted by molar-refractivity contribution is 6.16. The van der Waals surface area contributed by atoms with Crippen LogP contribution in [0.1, 0.15) is 66.6 Å². The summed E-state index contributed by atoms with van der Waals surface area (Å²) in [7, 11) is 0. The number of nitrogens with two attached hydrogens (primary N) is 1. The van der Waals surface area contributed by atoms with Gasteiger partial charge in [0.15, 0.2) is 0 Å². The lowest BCUT2D eigenvalue weighted by Gasteiger charge is -2.44. The predicted octanol–water partition coefficient (Wildman–Crippen LogP) is 3.34. The molecule has 1 amide bonds. The molecule has 1 aromatic heterocycles. The Kier molecular flexibility index (Phi) is 3.40. The number of nitriles is 1. The van der Waals surface area contributed by atoms with Gasteiger partial charge in [-0.15, -0.1) is 5.10 Å². The number of hydrogen-bond acceptors (Lipinski definition) is 5. The summed E-state index contributed by atoms with van der Waals surface area (Å²) in [5.74, 6) is 0.324. The molecule has 0 saturated heterocycles. The van der Waals surface area contributed by atoms with Crippen molar-refractivity contribution in [1.82, 2.24) is 10.2 Å². The second-order valence-corrected chi connectivity index (χ2v) is 9.42. The lowest BCUT2D eigenvalue weighted by Crippen LogP contribution is -2.54. The number of fused-ring (bicyclic) bond motifs is 3. The van der Waals surface area contributed by atoms with E-state index in [2.05, 4.69) is 50.0 Å². The summed E-state index contributed by atoms with van der Waals surface area (Å²) < 4.78 is 5.69. The average Bonchev–Trinajstić information content (AvgIpc) is 3.14. The number of aromatic nitrogens is 2. The normalized spacial score (nSPS) is 25.8. The van der Waals surface area contributed by atoms with Crippen molar-refractivity contribution in [3.05, 3.63) is 51.0 Å². The minimum Gasteiger partial charge on any atom is -0.420 e. The first kappa shape index (κ1) is 18.7. The van der Waals surface area contributed by atoms with E-state index < -0.39 is 11.0 Å². The molecule has 1 aromatic carbocycles. The van der Waals surface area contributed by atoms with Gasteiger partial charge in [0.1, 0.15) is 17.1 Å². The van der Waals surface area contributed by atoms with Gasteiger partial charge in [-0.2, -0.15) is 5.26 Å². The van der Waals surface area contributed by atoms with E-state index in [1.165, 1.54) is 0 Å². The van der Waals surface area contributed by atoms with Gasteiger partial charge in [0.05, 0.1) is 11.3 Å². The Hall–Kier alpha value is -3.27. The molecule has 2 atom stereocenters. The number of nitrogens with one attached hydrogen (secondary N) is 1. The fraction of sp³-hybridized carbons (Fsp3) is 0.435. The van der Waals surface area contributed by atoms with Gasteiger partial charge in [-0.3, -0.25) is 9.89 Å². The molecule has 1 spiro atoms. The van der Waals surface area contributed by atoms with E-state index in [9.17, 15) is 10.1 Å². The van der Waals surface area contributed by atoms with Crippen LogP contribution in [-0.4, -0.2) is 21.6 Å². The Labute approximate surface area is 175 Å². The molecule has 2 unspecified atom stereocenters. The first-order valence-electron chi connectivity index (χ1n) is 10.2. The molecule has 5 rings (SSSR count). The van der Waals surface area contributed by atoms with E-state index in [1.807, 2.05) is 18.7 Å². The predicted molar refractivity (Wildman–Crippen MR) is 112 cm³/mol. The molecule has 30 heavy (non-hydrogen) atoms. The van der Waals surface area contributed by atoms with Gasteiger partial charge in [-0.1, -0.05) is 13.0 Å². The van der Waals surface area contributed by atoms with Gasteiger partial charge in [-0.25, -0.2) is 0 Å². The Bertz CT molecular complexity index is 1230. The standard InChI is InChI=1S/C23H25N5O2/c1-10-7-14-11(2)8-22(5,6)28-18(14)16(12(10)3)23(21(28)29)15(9-24)19(25)30-20-17(23)13(4)26-27-20/h7,11H,8,25H2,1-6H3,(H,26,27). The van der Waals surface area contributed by atoms with Gasteiger partial charge in [0.2, 0.25) is 17.7 Å². The molecule has 7 heteroatoms. The van der Waals surface area contributed by atoms with Crippen LogP contribution in [0.2, 0.25) is 0 Å². The lowest BCUT2D eigenvalue weighted by molar-refractivity contribution is -0.122. The fourth-order valence-electron chi connectivity index (χ4n) is 5.90. The van der Waals surface area contributed by atoms with Crippen molar-refractivity contribution < 1.29 is 9.53 Å². The third-order valence-electron chi connectivity index (χ3n) is 7.14. The van der Waals surface area contributed by atoms with Crippen molar-refractivity contribution >= 4 is 11.6 Å². The van der Waals surface area contributed by atoms with Crippen LogP contribution in [0.25, 0.3) is 0 Å². The number of ether oxygens (including phenoxy) is 1. The van der Waals surface area contributed by atoms with E-state index in [0.717, 1.165) is 34.4 Å². The number of nitrogens with zero attached hydrogens (tertiary/aromatic N) is 3. The molecule has 3 N–H and O–H groups in total. The second kappa shape index (κ2) is 5.45. The third-order valence-corrected chi connectivity index (χ3v) is 7.14. The summed E-state index contributed by atoms with van der Waals surface area (Å²) in [5, 5.41) is 17.4. The van der Waals surface area contributed by atoms with E-state index in [1.54, 1.807) is 0 Å². The SMILES string of the molecule is Cc1cc2c3c(c1C)C1(C(=O)N3C(C)(C)CC2C)C(C#N)=C(N)Oc2n[nH]c(C)c21. The van der Waals surface area contributed by atoms with Crippen LogP contribution in [0.5, 0.6) is 5.88 Å². The number of hydrogen-bond donors (Lipinski definition) is 2. The molecule has 0 saturated carbocycles. The minimum absolute atomic E-state index is 0.0646. The number of carbonyl (C=O) groups excluding carboxylic acids is 1. The number of H-pyrrole nitrogens is 1. The minimum atomic E-state index is -1.36. The maximum absolute atomic E-state index is 14.5. The summed E-state index contributed by atoms with van der Waals surface area (Å²) in [4.78, 5) is 16.4. The van der Waals surface area contributed by atoms with Crippen molar-refractivity contribution in [2.75, 3.05) is 4.90 Å². The molecular formula is C23H25N5O2. The van der Waals surface area contributed by atoms with Gasteiger partial charge in [0, 0.05) is 16.8 Å². The van der Waals surface area contributed by atoms with Crippen LogP contribution in [0, 0.1) is 32.1 Å². The highest BCUT2D eigenvalue weighted by Crippen LogP contribution is 2.62. The Morgan fingerprint density at radius 2 is 2.03 bits per heavy atom. The molecule has 2 aromatic rings. The number of benzene rings is 1. The molecule has 0 bridgehead atoms. The van der Waals surface area contributed by atoms with Gasteiger partial charge < -0.3 is 15.4 Å². The molecular weight excluding hydrogens is 378 g/mol. The van der Waals surface area contributed by atoms with E-state index in [4.69, 9.17) is 10.5 Å². The number of carbonyl (C=O) groups is 1. The summed E-state index contributed by atoms with van der Waals surface area (Å²) in [5.41, 5.74) is 10.9. The molecule has 154 valence electrons. The molecule has 4 heterocycles. The fourth-order valence-corrected chi connectivity index (χ4v) is 5.90. The largest absolute Gasteiger partial charge is 0.420 e. The van der Waals surface area contributed by atoms with Gasteiger partial charge >= 0.3 is 0 Å². The van der Waals surface area contributed by atoms with Gasteiger partial charge in [-0.05, 0) is 63.6 Å². The quantitative estimate of drug-likeness (QED) is 0.701. The van der Waals surface area contributed by atoms with Crippen LogP contribution in [0.3, 0.4) is 0 Å². The van der Waals surface area contributed by atoms with Crippen molar-refractivity contribution in [3.63, 3.8) is 0 Å². The number of aromatic amines is 1. The zero-order valence-electron chi connectivity index (χ0n) is 18.1. The van der Waals surface area contributed by atoms with Crippen LogP contribution < -0.4 is 15.4 Å². The Morgan fingerprint density at radius 3 is 2.70 bits per heavy atom. The van der Waals surface area contributed by atoms with Crippen molar-refractivity contribution in [1.29, 1.82) is 5.26 Å². The molecule has 0 fully saturated rings. The van der Waals surface area contributed by atoms with Crippen LogP contribution in [0.4, 0.5) is 5.69 Å². The topological polar surface area (TPSA) is 108 Å². The van der Waals surface area contributed by atoms with Crippen molar-refractivity contribution in [3.8, 4) is 11.9 Å². The van der Waals surface area contributed by atoms with Crippen LogP contribution in [0.15, 0.2) is 17.5 Å². The van der Waals surface area contributed by atoms with Crippen LogP contribution >= 0.6 is 0 Å². The summed E-state index contributed by atoms with van der Waals surface area (Å²) in [6.07, 6.45) is 0.832. The van der Waals surface area contributed by atoms with Crippen molar-refractivity contribution in [2.45, 2.75) is 64.8 Å². The maximum Gasteiger partial charge on any atom is 0.248 e. The monoisotopic (exact) mass is 403 g/mol. The smallest absolute Gasteiger partial charge is 0.248 e. The van der Waals surface area contributed by atoms with Crippen LogP contribution in [-0.2, 0) is 10.2 Å².